The molecule has 0 unspecified atom stereocenters. The van der Waals surface area contributed by atoms with Crippen molar-refractivity contribution in [2.45, 2.75) is 45.8 Å². The van der Waals surface area contributed by atoms with Crippen LogP contribution in [-0.2, 0) is 16.1 Å². The van der Waals surface area contributed by atoms with Crippen molar-refractivity contribution in [1.29, 1.82) is 0 Å². The highest BCUT2D eigenvalue weighted by Gasteiger charge is 2.15. The molecule has 1 N–H and O–H groups in total. The van der Waals surface area contributed by atoms with Gasteiger partial charge in [0.1, 0.15) is 5.60 Å². The van der Waals surface area contributed by atoms with Crippen molar-refractivity contribution in [2.75, 3.05) is 6.54 Å². The molecule has 0 aliphatic carbocycles. The minimum atomic E-state index is -0.410. The quantitative estimate of drug-likeness (QED) is 0.377. The smallest absolute Gasteiger partial charge is 0.306 e. The van der Waals surface area contributed by atoms with Gasteiger partial charge >= 0.3 is 5.97 Å². The Morgan fingerprint density at radius 1 is 0.962 bits per heavy atom. The fourth-order valence-corrected chi connectivity index (χ4v) is 3.26. The number of hydrogen-bond donors (Lipinski definition) is 1. The van der Waals surface area contributed by atoms with Crippen LogP contribution in [0.15, 0.2) is 54.6 Å². The lowest BCUT2D eigenvalue weighted by atomic mass is 9.97. The highest BCUT2D eigenvalue weighted by molar-refractivity contribution is 6.02. The largest absolute Gasteiger partial charge is 0.460 e. The second-order valence-corrected chi connectivity index (χ2v) is 7.66. The van der Waals surface area contributed by atoms with Crippen LogP contribution in [0.25, 0.3) is 21.5 Å². The van der Waals surface area contributed by atoms with Gasteiger partial charge in [0.2, 0.25) is 0 Å². The van der Waals surface area contributed by atoms with Gasteiger partial charge in [-0.1, -0.05) is 48.5 Å². The van der Waals surface area contributed by atoms with Crippen LogP contribution in [0.4, 0.5) is 0 Å². The van der Waals surface area contributed by atoms with Crippen LogP contribution in [0.1, 0.15) is 39.2 Å². The molecule has 0 heterocycles. The number of esters is 1. The maximum absolute atomic E-state index is 11.8. The molecule has 0 fully saturated rings. The Morgan fingerprint density at radius 3 is 2.12 bits per heavy atom. The van der Waals surface area contributed by atoms with Crippen LogP contribution in [0, 0.1) is 0 Å². The number of benzene rings is 3. The highest BCUT2D eigenvalue weighted by Crippen LogP contribution is 2.28. The maximum atomic E-state index is 11.8. The number of nitrogens with one attached hydrogen (secondary N) is 1. The van der Waals surface area contributed by atoms with E-state index in [9.17, 15) is 4.79 Å². The standard InChI is InChI=1S/C23H27NO2/c1-23(2,3)26-22(25)13-8-14-24-16-21-19-11-6-4-9-17(19)15-18-10-5-7-12-20(18)21/h4-7,9-12,15,24H,8,13-14,16H2,1-3H3. The molecule has 26 heavy (non-hydrogen) atoms. The van der Waals surface area contributed by atoms with Gasteiger partial charge in [0.15, 0.2) is 0 Å². The minimum absolute atomic E-state index is 0.130. The number of ether oxygens (including phenoxy) is 1. The average molecular weight is 349 g/mol. The summed E-state index contributed by atoms with van der Waals surface area (Å²) in [4.78, 5) is 11.8. The van der Waals surface area contributed by atoms with Crippen molar-refractivity contribution in [3.63, 3.8) is 0 Å². The Morgan fingerprint density at radius 2 is 1.54 bits per heavy atom. The second kappa shape index (κ2) is 7.88. The molecule has 3 rings (SSSR count). The van der Waals surface area contributed by atoms with E-state index in [1.165, 1.54) is 27.1 Å². The van der Waals surface area contributed by atoms with Gasteiger partial charge in [-0.25, -0.2) is 0 Å². The van der Waals surface area contributed by atoms with Crippen LogP contribution < -0.4 is 5.32 Å². The van der Waals surface area contributed by atoms with E-state index in [1.54, 1.807) is 0 Å². The summed E-state index contributed by atoms with van der Waals surface area (Å²) in [5.41, 5.74) is 0.905. The summed E-state index contributed by atoms with van der Waals surface area (Å²) in [6.07, 6.45) is 1.22. The summed E-state index contributed by atoms with van der Waals surface area (Å²) in [6, 6.07) is 19.3. The van der Waals surface area contributed by atoms with Crippen LogP contribution in [0.3, 0.4) is 0 Å². The Balaban J connectivity index is 1.66. The van der Waals surface area contributed by atoms with Crippen LogP contribution in [0.2, 0.25) is 0 Å². The molecule has 0 bridgehead atoms. The monoisotopic (exact) mass is 349 g/mol. The van der Waals surface area contributed by atoms with E-state index >= 15 is 0 Å². The highest BCUT2D eigenvalue weighted by atomic mass is 16.6. The predicted octanol–water partition coefficient (Wildman–Crippen LogP) is 5.20. The zero-order valence-corrected chi connectivity index (χ0v) is 15.8. The number of hydrogen-bond acceptors (Lipinski definition) is 3. The van der Waals surface area contributed by atoms with Crippen molar-refractivity contribution in [2.24, 2.45) is 0 Å². The van der Waals surface area contributed by atoms with Crippen molar-refractivity contribution >= 4 is 27.5 Å². The molecule has 3 aromatic rings. The lowest BCUT2D eigenvalue weighted by Crippen LogP contribution is -2.24. The summed E-state index contributed by atoms with van der Waals surface area (Å²) in [7, 11) is 0. The molecular weight excluding hydrogens is 322 g/mol. The Kier molecular flexibility index (Phi) is 5.58. The molecule has 0 atom stereocenters. The molecular formula is C23H27NO2. The lowest BCUT2D eigenvalue weighted by molar-refractivity contribution is -0.154. The molecule has 0 radical (unpaired) electrons. The first-order chi connectivity index (χ1) is 12.4. The number of carbonyl (C=O) groups excluding carboxylic acids is 1. The summed E-state index contributed by atoms with van der Waals surface area (Å²) in [5.74, 6) is -0.130. The van der Waals surface area contributed by atoms with Gasteiger partial charge in [0.05, 0.1) is 0 Å². The molecule has 0 aromatic heterocycles. The molecule has 0 aliphatic heterocycles. The van der Waals surface area contributed by atoms with E-state index in [0.717, 1.165) is 19.5 Å². The van der Waals surface area contributed by atoms with Crippen molar-refractivity contribution < 1.29 is 9.53 Å². The van der Waals surface area contributed by atoms with Gasteiger partial charge in [0, 0.05) is 13.0 Å². The van der Waals surface area contributed by atoms with Crippen molar-refractivity contribution in [1.82, 2.24) is 5.32 Å². The van der Waals surface area contributed by atoms with E-state index < -0.39 is 5.60 Å². The lowest BCUT2D eigenvalue weighted by Gasteiger charge is -2.19. The maximum Gasteiger partial charge on any atom is 0.306 e. The van der Waals surface area contributed by atoms with Crippen molar-refractivity contribution in [3.05, 3.63) is 60.2 Å². The Bertz CT molecular complexity index is 855. The molecule has 3 nitrogen and oxygen atoms in total. The number of fused-ring (bicyclic) bond motifs is 2. The van der Waals surface area contributed by atoms with Gasteiger partial charge in [-0.3, -0.25) is 4.79 Å². The van der Waals surface area contributed by atoms with Crippen LogP contribution in [-0.4, -0.2) is 18.1 Å². The Hall–Kier alpha value is -2.39. The topological polar surface area (TPSA) is 38.3 Å². The fraction of sp³-hybridized carbons (Fsp3) is 0.348. The summed E-state index contributed by atoms with van der Waals surface area (Å²) >= 11 is 0. The predicted molar refractivity (Wildman–Crippen MR) is 108 cm³/mol. The third kappa shape index (κ3) is 4.61. The van der Waals surface area contributed by atoms with E-state index in [4.69, 9.17) is 4.74 Å². The molecule has 0 saturated heterocycles. The first-order valence-electron chi connectivity index (χ1n) is 9.26. The van der Waals surface area contributed by atoms with Gasteiger partial charge in [-0.05, 0) is 66.9 Å². The SMILES string of the molecule is CC(C)(C)OC(=O)CCCNCc1c2ccccc2cc2ccccc12. The molecule has 136 valence electrons. The Labute approximate surface area is 155 Å². The zero-order valence-electron chi connectivity index (χ0n) is 15.8. The second-order valence-electron chi connectivity index (χ2n) is 7.66. The summed E-state index contributed by atoms with van der Waals surface area (Å²) < 4.78 is 5.35. The summed E-state index contributed by atoms with van der Waals surface area (Å²) in [6.45, 7) is 7.27. The zero-order chi connectivity index (χ0) is 18.6. The van der Waals surface area contributed by atoms with Gasteiger partial charge in [0.25, 0.3) is 0 Å². The molecule has 0 spiro atoms. The molecule has 0 saturated carbocycles. The number of carbonyl (C=O) groups is 1. The first kappa shape index (κ1) is 18.4. The molecule has 3 aromatic carbocycles. The average Bonchev–Trinajstić information content (AvgIpc) is 2.59. The van der Waals surface area contributed by atoms with Crippen LogP contribution >= 0.6 is 0 Å². The van der Waals surface area contributed by atoms with Gasteiger partial charge < -0.3 is 10.1 Å². The van der Waals surface area contributed by atoms with E-state index in [0.29, 0.717) is 6.42 Å². The number of rotatable bonds is 6. The van der Waals surface area contributed by atoms with E-state index in [1.807, 2.05) is 20.8 Å². The van der Waals surface area contributed by atoms with Crippen LogP contribution in [0.5, 0.6) is 0 Å². The molecule has 0 aliphatic rings. The van der Waals surface area contributed by atoms with E-state index in [2.05, 4.69) is 59.9 Å². The summed E-state index contributed by atoms with van der Waals surface area (Å²) in [5, 5.41) is 8.58. The van der Waals surface area contributed by atoms with Gasteiger partial charge in [-0.2, -0.15) is 0 Å². The third-order valence-electron chi connectivity index (χ3n) is 4.34. The van der Waals surface area contributed by atoms with Gasteiger partial charge in [-0.15, -0.1) is 0 Å². The fourth-order valence-electron chi connectivity index (χ4n) is 3.26. The normalized spacial score (nSPS) is 11.8. The minimum Gasteiger partial charge on any atom is -0.460 e. The molecule has 3 heteroatoms. The van der Waals surface area contributed by atoms with Crippen molar-refractivity contribution in [3.8, 4) is 0 Å². The first-order valence-corrected chi connectivity index (χ1v) is 9.26. The van der Waals surface area contributed by atoms with E-state index in [-0.39, 0.29) is 5.97 Å². The molecule has 0 amide bonds. The third-order valence-corrected chi connectivity index (χ3v) is 4.34.